The molecule has 0 radical (unpaired) electrons. The maximum Gasteiger partial charge on any atom is 0.259 e. The summed E-state index contributed by atoms with van der Waals surface area (Å²) in [6.07, 6.45) is 1.76. The topological polar surface area (TPSA) is 113 Å². The van der Waals surface area contributed by atoms with E-state index in [1.807, 2.05) is 24.3 Å². The number of hydrogen-bond acceptors (Lipinski definition) is 6. The van der Waals surface area contributed by atoms with Gasteiger partial charge in [-0.1, -0.05) is 24.3 Å². The highest BCUT2D eigenvalue weighted by Crippen LogP contribution is 2.45. The number of aldehydes is 1. The van der Waals surface area contributed by atoms with Crippen molar-refractivity contribution in [1.82, 2.24) is 15.1 Å². The number of carbonyl (C=O) groups is 4. The van der Waals surface area contributed by atoms with E-state index in [9.17, 15) is 19.2 Å². The number of likely N-dealkylation sites (tertiary alicyclic amines) is 1. The molecule has 1 fully saturated rings. The van der Waals surface area contributed by atoms with E-state index in [1.165, 1.54) is 0 Å². The molecule has 2 unspecified atom stereocenters. The van der Waals surface area contributed by atoms with E-state index in [-0.39, 0.29) is 30.4 Å². The molecule has 8 heteroatoms. The fourth-order valence-corrected chi connectivity index (χ4v) is 5.11. The average Bonchev–Trinajstić information content (AvgIpc) is 3.28. The zero-order valence-corrected chi connectivity index (χ0v) is 16.8. The lowest BCUT2D eigenvalue weighted by molar-refractivity contribution is -0.137. The molecule has 2 aromatic rings. The SMILES string of the molecule is Nc1cccc2c1CN(C1CCC(=O)N(CC=O)C1)C2c1cccc2c1C(=O)NC2=O. The van der Waals surface area contributed by atoms with Gasteiger partial charge in [0.1, 0.15) is 6.29 Å². The number of nitrogens with two attached hydrogens (primary N) is 1. The van der Waals surface area contributed by atoms with E-state index >= 15 is 0 Å². The number of carbonyl (C=O) groups excluding carboxylic acids is 4. The summed E-state index contributed by atoms with van der Waals surface area (Å²) in [5, 5.41) is 2.39. The van der Waals surface area contributed by atoms with Gasteiger partial charge < -0.3 is 15.4 Å². The smallest absolute Gasteiger partial charge is 0.259 e. The van der Waals surface area contributed by atoms with Crippen LogP contribution in [0.15, 0.2) is 36.4 Å². The first-order valence-corrected chi connectivity index (χ1v) is 10.3. The first-order valence-electron chi connectivity index (χ1n) is 10.3. The molecule has 3 aliphatic rings. The molecule has 5 rings (SSSR count). The Morgan fingerprint density at radius 2 is 1.84 bits per heavy atom. The Kier molecular flexibility index (Phi) is 4.59. The number of anilines is 1. The van der Waals surface area contributed by atoms with Crippen LogP contribution in [0.2, 0.25) is 0 Å². The Bertz CT molecular complexity index is 1130. The van der Waals surface area contributed by atoms with E-state index in [4.69, 9.17) is 5.73 Å². The summed E-state index contributed by atoms with van der Waals surface area (Å²) in [6.45, 7) is 1.07. The predicted molar refractivity (Wildman–Crippen MR) is 112 cm³/mol. The van der Waals surface area contributed by atoms with Crippen molar-refractivity contribution < 1.29 is 19.2 Å². The summed E-state index contributed by atoms with van der Waals surface area (Å²) in [7, 11) is 0. The molecule has 0 aromatic heterocycles. The highest BCUT2D eigenvalue weighted by molar-refractivity contribution is 6.22. The maximum atomic E-state index is 12.6. The lowest BCUT2D eigenvalue weighted by atomic mass is 9.90. The number of amides is 3. The first-order chi connectivity index (χ1) is 15.0. The van der Waals surface area contributed by atoms with Crippen LogP contribution in [-0.2, 0) is 16.1 Å². The van der Waals surface area contributed by atoms with Crippen LogP contribution in [0.1, 0.15) is 56.3 Å². The van der Waals surface area contributed by atoms with Crippen LogP contribution in [0, 0.1) is 0 Å². The van der Waals surface area contributed by atoms with Crippen LogP contribution < -0.4 is 11.1 Å². The van der Waals surface area contributed by atoms with Gasteiger partial charge in [-0.2, -0.15) is 0 Å². The molecule has 158 valence electrons. The van der Waals surface area contributed by atoms with Gasteiger partial charge in [0.15, 0.2) is 0 Å². The van der Waals surface area contributed by atoms with Crippen molar-refractivity contribution in [3.63, 3.8) is 0 Å². The Balaban J connectivity index is 1.61. The highest BCUT2D eigenvalue weighted by atomic mass is 16.2. The van der Waals surface area contributed by atoms with Crippen LogP contribution >= 0.6 is 0 Å². The maximum absolute atomic E-state index is 12.6. The van der Waals surface area contributed by atoms with E-state index < -0.39 is 5.91 Å². The minimum absolute atomic E-state index is 0.00882. The van der Waals surface area contributed by atoms with E-state index in [0.717, 1.165) is 23.0 Å². The van der Waals surface area contributed by atoms with Crippen molar-refractivity contribution in [3.8, 4) is 0 Å². The normalized spacial score (nSPS) is 23.0. The van der Waals surface area contributed by atoms with Crippen molar-refractivity contribution >= 4 is 29.7 Å². The summed E-state index contributed by atoms with van der Waals surface area (Å²) >= 11 is 0. The van der Waals surface area contributed by atoms with Crippen LogP contribution in [0.5, 0.6) is 0 Å². The van der Waals surface area contributed by atoms with Gasteiger partial charge in [0.05, 0.1) is 23.7 Å². The lowest BCUT2D eigenvalue weighted by Gasteiger charge is -2.40. The molecular formula is C23H22N4O4. The van der Waals surface area contributed by atoms with Crippen molar-refractivity contribution in [2.45, 2.75) is 31.5 Å². The van der Waals surface area contributed by atoms with Crippen LogP contribution in [0.4, 0.5) is 5.69 Å². The van der Waals surface area contributed by atoms with Gasteiger partial charge in [-0.05, 0) is 35.2 Å². The molecule has 0 spiro atoms. The summed E-state index contributed by atoms with van der Waals surface area (Å²) < 4.78 is 0. The zero-order chi connectivity index (χ0) is 21.7. The van der Waals surface area contributed by atoms with Crippen LogP contribution in [-0.4, -0.2) is 52.9 Å². The summed E-state index contributed by atoms with van der Waals surface area (Å²) in [5.41, 5.74) is 10.5. The average molecular weight is 418 g/mol. The summed E-state index contributed by atoms with van der Waals surface area (Å²) in [4.78, 5) is 52.0. The second-order valence-electron chi connectivity index (χ2n) is 8.20. The van der Waals surface area contributed by atoms with Gasteiger partial charge in [-0.3, -0.25) is 24.6 Å². The van der Waals surface area contributed by atoms with Crippen molar-refractivity contribution in [2.24, 2.45) is 0 Å². The standard InChI is InChI=1S/C23H22N4O4/c24-18-6-2-3-14-17(18)12-27(13-7-8-19(29)26(11-13)9-10-28)21(14)15-4-1-5-16-20(15)23(31)25-22(16)30/h1-6,10,13,21H,7-9,11-12,24H2,(H,25,30,31). The number of piperidine rings is 1. The molecule has 3 heterocycles. The largest absolute Gasteiger partial charge is 0.398 e. The molecule has 3 amide bonds. The van der Waals surface area contributed by atoms with Gasteiger partial charge in [0, 0.05) is 31.2 Å². The minimum atomic E-state index is -0.394. The molecule has 2 aromatic carbocycles. The zero-order valence-electron chi connectivity index (χ0n) is 16.8. The second-order valence-corrected chi connectivity index (χ2v) is 8.20. The van der Waals surface area contributed by atoms with E-state index in [0.29, 0.717) is 42.7 Å². The Hall–Kier alpha value is -3.52. The van der Waals surface area contributed by atoms with Gasteiger partial charge in [0.2, 0.25) is 5.91 Å². The molecule has 2 atom stereocenters. The fraction of sp³-hybridized carbons (Fsp3) is 0.304. The van der Waals surface area contributed by atoms with Crippen molar-refractivity contribution in [1.29, 1.82) is 0 Å². The lowest BCUT2D eigenvalue weighted by Crippen LogP contribution is -2.50. The van der Waals surface area contributed by atoms with E-state index in [2.05, 4.69) is 10.2 Å². The van der Waals surface area contributed by atoms with Crippen molar-refractivity contribution in [2.75, 3.05) is 18.8 Å². The van der Waals surface area contributed by atoms with Gasteiger partial charge in [0.25, 0.3) is 11.8 Å². The summed E-state index contributed by atoms with van der Waals surface area (Å²) in [6, 6.07) is 10.8. The predicted octanol–water partition coefficient (Wildman–Crippen LogP) is 1.25. The van der Waals surface area contributed by atoms with Gasteiger partial charge in [-0.15, -0.1) is 0 Å². The molecule has 8 nitrogen and oxygen atoms in total. The third-order valence-electron chi connectivity index (χ3n) is 6.54. The number of nitrogen functional groups attached to an aromatic ring is 1. The molecular weight excluding hydrogens is 396 g/mol. The molecule has 0 aliphatic carbocycles. The third-order valence-corrected chi connectivity index (χ3v) is 6.54. The quantitative estimate of drug-likeness (QED) is 0.439. The molecule has 3 aliphatic heterocycles. The molecule has 3 N–H and O–H groups in total. The highest BCUT2D eigenvalue weighted by Gasteiger charge is 2.42. The second kappa shape index (κ2) is 7.31. The number of rotatable bonds is 4. The number of imide groups is 1. The number of nitrogens with zero attached hydrogens (tertiary/aromatic N) is 2. The minimum Gasteiger partial charge on any atom is -0.398 e. The molecule has 0 saturated carbocycles. The van der Waals surface area contributed by atoms with Crippen LogP contribution in [0.3, 0.4) is 0 Å². The first kappa shape index (κ1) is 19.4. The summed E-state index contributed by atoms with van der Waals surface area (Å²) in [5.74, 6) is -0.810. The van der Waals surface area contributed by atoms with E-state index in [1.54, 1.807) is 17.0 Å². The van der Waals surface area contributed by atoms with Gasteiger partial charge >= 0.3 is 0 Å². The number of nitrogens with one attached hydrogen (secondary N) is 1. The third kappa shape index (κ3) is 3.02. The molecule has 31 heavy (non-hydrogen) atoms. The Morgan fingerprint density at radius 1 is 1.06 bits per heavy atom. The van der Waals surface area contributed by atoms with Gasteiger partial charge in [-0.25, -0.2) is 0 Å². The monoisotopic (exact) mass is 418 g/mol. The number of fused-ring (bicyclic) bond motifs is 2. The number of benzene rings is 2. The Labute approximate surface area is 179 Å². The van der Waals surface area contributed by atoms with Crippen molar-refractivity contribution in [3.05, 3.63) is 64.2 Å². The molecule has 0 bridgehead atoms. The number of hydrogen-bond donors (Lipinski definition) is 2. The fourth-order valence-electron chi connectivity index (χ4n) is 5.11. The van der Waals surface area contributed by atoms with Crippen LogP contribution in [0.25, 0.3) is 0 Å². The Morgan fingerprint density at radius 3 is 2.65 bits per heavy atom. The molecule has 1 saturated heterocycles.